The first kappa shape index (κ1) is 12.1. The Morgan fingerprint density at radius 2 is 2.17 bits per heavy atom. The molecule has 0 bridgehead atoms. The maximum atomic E-state index is 9.53. The summed E-state index contributed by atoms with van der Waals surface area (Å²) in [6.45, 7) is 1.70. The Hall–Kier alpha value is 0.0900. The summed E-state index contributed by atoms with van der Waals surface area (Å²) >= 11 is 5.29. The van der Waals surface area contributed by atoms with Crippen LogP contribution in [0, 0.1) is 0 Å². The van der Waals surface area contributed by atoms with Crippen molar-refractivity contribution in [2.45, 2.75) is 13.0 Å². The summed E-state index contributed by atoms with van der Waals surface area (Å²) in [4.78, 5) is 4.00. The predicted octanol–water partition coefficient (Wildman–Crippen LogP) is 0.178. The van der Waals surface area contributed by atoms with E-state index in [9.17, 15) is 5.21 Å². The van der Waals surface area contributed by atoms with E-state index in [-0.39, 0.29) is 18.7 Å². The molecule has 0 amide bonds. The standard InChI is InChI=1S/C6H16ClN2O3/c1-6(4-10)8(2)9(3,11)12-5-7/h6,10-11H,4-5H2,1-3H3/q+1/t6-,9?/m0/s1. The second-order valence-electron chi connectivity index (χ2n) is 2.68. The molecule has 0 saturated heterocycles. The molecule has 2 atom stereocenters. The van der Waals surface area contributed by atoms with Gasteiger partial charge < -0.3 is 5.11 Å². The van der Waals surface area contributed by atoms with E-state index >= 15 is 0 Å². The van der Waals surface area contributed by atoms with E-state index in [4.69, 9.17) is 21.5 Å². The molecule has 2 N–H and O–H groups in total. The lowest BCUT2D eigenvalue weighted by Crippen LogP contribution is -2.57. The first-order chi connectivity index (χ1) is 5.45. The first-order valence-electron chi connectivity index (χ1n) is 3.59. The third-order valence-electron chi connectivity index (χ3n) is 1.78. The zero-order valence-corrected chi connectivity index (χ0v) is 8.32. The van der Waals surface area contributed by atoms with Gasteiger partial charge in [-0.05, 0) is 6.92 Å². The number of nitrogens with zero attached hydrogens (tertiary/aromatic N) is 2. The number of aliphatic hydroxyl groups is 1. The second-order valence-corrected chi connectivity index (χ2v) is 2.90. The van der Waals surface area contributed by atoms with Crippen LogP contribution in [0.4, 0.5) is 0 Å². The number of likely N-dealkylation sites (N-methyl/N-ethyl adjacent to an activating group) is 1. The van der Waals surface area contributed by atoms with Gasteiger partial charge in [0.2, 0.25) is 0 Å². The van der Waals surface area contributed by atoms with Crippen molar-refractivity contribution in [1.29, 1.82) is 0 Å². The van der Waals surface area contributed by atoms with E-state index in [0.717, 1.165) is 0 Å². The lowest BCUT2D eigenvalue weighted by atomic mass is 10.4. The molecular weight excluding hydrogens is 184 g/mol. The van der Waals surface area contributed by atoms with Crippen LogP contribution in [-0.2, 0) is 4.84 Å². The van der Waals surface area contributed by atoms with Gasteiger partial charge in [-0.15, -0.1) is 4.84 Å². The van der Waals surface area contributed by atoms with Crippen LogP contribution in [-0.4, -0.2) is 53.1 Å². The van der Waals surface area contributed by atoms with Crippen molar-refractivity contribution < 1.29 is 20.1 Å². The molecule has 0 spiro atoms. The molecule has 74 valence electrons. The van der Waals surface area contributed by atoms with E-state index in [1.165, 1.54) is 12.1 Å². The summed E-state index contributed by atoms with van der Waals surface area (Å²) in [5.74, 6) is 0. The molecule has 0 aromatic rings. The molecule has 1 unspecified atom stereocenters. The molecule has 0 aliphatic carbocycles. The fraction of sp³-hybridized carbons (Fsp3) is 1.00. The van der Waals surface area contributed by atoms with Gasteiger partial charge in [0.1, 0.15) is 0 Å². The highest BCUT2D eigenvalue weighted by Gasteiger charge is 2.31. The van der Waals surface area contributed by atoms with Crippen molar-refractivity contribution in [2.24, 2.45) is 0 Å². The Bertz CT molecular complexity index is 134. The van der Waals surface area contributed by atoms with Gasteiger partial charge in [0.05, 0.1) is 12.6 Å². The SMILES string of the molecule is C[C@@H](CO)N(C)[N+](C)(O)OCCl. The second kappa shape index (κ2) is 4.96. The summed E-state index contributed by atoms with van der Waals surface area (Å²) < 4.78 is 0. The quantitative estimate of drug-likeness (QED) is 0.377. The molecule has 0 aliphatic heterocycles. The van der Waals surface area contributed by atoms with Gasteiger partial charge in [-0.1, -0.05) is 16.6 Å². The van der Waals surface area contributed by atoms with Crippen LogP contribution in [0.2, 0.25) is 0 Å². The van der Waals surface area contributed by atoms with Crippen LogP contribution < -0.4 is 0 Å². The lowest BCUT2D eigenvalue weighted by molar-refractivity contribution is -1.31. The minimum absolute atomic E-state index is 0.0590. The van der Waals surface area contributed by atoms with Crippen molar-refractivity contribution in [3.05, 3.63) is 0 Å². The van der Waals surface area contributed by atoms with E-state index in [1.807, 2.05) is 0 Å². The minimum Gasteiger partial charge on any atom is -0.395 e. The number of aliphatic hydroxyl groups excluding tert-OH is 1. The molecule has 12 heavy (non-hydrogen) atoms. The molecule has 5 nitrogen and oxygen atoms in total. The third-order valence-corrected chi connectivity index (χ3v) is 1.88. The van der Waals surface area contributed by atoms with Crippen LogP contribution in [0.5, 0.6) is 0 Å². The summed E-state index contributed by atoms with van der Waals surface area (Å²) in [6.07, 6.45) is 0. The van der Waals surface area contributed by atoms with Gasteiger partial charge in [-0.2, -0.15) is 5.21 Å². The molecule has 0 rings (SSSR count). The number of rotatable bonds is 5. The van der Waals surface area contributed by atoms with Crippen LogP contribution in [0.25, 0.3) is 0 Å². The third kappa shape index (κ3) is 3.22. The Morgan fingerprint density at radius 3 is 2.50 bits per heavy atom. The maximum absolute atomic E-state index is 9.53. The number of alkyl halides is 1. The molecule has 0 aromatic carbocycles. The average Bonchev–Trinajstić information content (AvgIpc) is 2.01. The van der Waals surface area contributed by atoms with Crippen molar-refractivity contribution in [3.8, 4) is 0 Å². The number of hydrogen-bond acceptors (Lipinski definition) is 4. The topological polar surface area (TPSA) is 52.9 Å². The van der Waals surface area contributed by atoms with Crippen molar-refractivity contribution >= 4 is 11.6 Å². The zero-order valence-electron chi connectivity index (χ0n) is 7.57. The minimum atomic E-state index is -0.786. The lowest BCUT2D eigenvalue weighted by Gasteiger charge is -2.32. The number of hydroxylamine groups is 2. The van der Waals surface area contributed by atoms with Gasteiger partial charge in [-0.3, -0.25) is 0 Å². The zero-order chi connectivity index (χ0) is 9.78. The van der Waals surface area contributed by atoms with Crippen LogP contribution >= 0.6 is 11.6 Å². The molecule has 0 aromatic heterocycles. The summed E-state index contributed by atoms with van der Waals surface area (Å²) in [6, 6.07) is -0.321. The van der Waals surface area contributed by atoms with E-state index in [2.05, 4.69) is 0 Å². The van der Waals surface area contributed by atoms with Crippen LogP contribution in [0.1, 0.15) is 6.92 Å². The Morgan fingerprint density at radius 1 is 1.67 bits per heavy atom. The van der Waals surface area contributed by atoms with Gasteiger partial charge in [0.25, 0.3) is 0 Å². The Balaban J connectivity index is 4.13. The van der Waals surface area contributed by atoms with Gasteiger partial charge >= 0.3 is 0 Å². The van der Waals surface area contributed by atoms with Crippen LogP contribution in [0.15, 0.2) is 0 Å². The van der Waals surface area contributed by atoms with Crippen LogP contribution in [0.3, 0.4) is 0 Å². The highest BCUT2D eigenvalue weighted by atomic mass is 35.5. The molecule has 0 radical (unpaired) electrons. The van der Waals surface area contributed by atoms with Crippen molar-refractivity contribution in [1.82, 2.24) is 5.01 Å². The highest BCUT2D eigenvalue weighted by molar-refractivity contribution is 6.16. The molecule has 0 heterocycles. The van der Waals surface area contributed by atoms with E-state index < -0.39 is 4.92 Å². The average molecular weight is 200 g/mol. The Kier molecular flexibility index (Phi) is 5.00. The van der Waals surface area contributed by atoms with Crippen molar-refractivity contribution in [3.63, 3.8) is 0 Å². The molecule has 0 fully saturated rings. The first-order valence-corrected chi connectivity index (χ1v) is 4.13. The van der Waals surface area contributed by atoms with E-state index in [1.54, 1.807) is 14.0 Å². The molecular formula is C6H16ClN2O3+. The van der Waals surface area contributed by atoms with Gasteiger partial charge in [0, 0.05) is 12.0 Å². The van der Waals surface area contributed by atoms with E-state index in [0.29, 0.717) is 0 Å². The molecule has 0 saturated carbocycles. The van der Waals surface area contributed by atoms with Gasteiger partial charge in [0.15, 0.2) is 13.1 Å². The Labute approximate surface area is 77.2 Å². The monoisotopic (exact) mass is 199 g/mol. The number of quaternary nitrogens is 1. The summed E-state index contributed by atoms with van der Waals surface area (Å²) in [7, 11) is 3.03. The smallest absolute Gasteiger partial charge is 0.186 e. The largest absolute Gasteiger partial charge is 0.395 e. The fourth-order valence-corrected chi connectivity index (χ4v) is 0.852. The van der Waals surface area contributed by atoms with Gasteiger partial charge in [-0.25, -0.2) is 0 Å². The summed E-state index contributed by atoms with van der Waals surface area (Å²) in [5, 5.41) is 19.7. The fourth-order valence-electron chi connectivity index (χ4n) is 0.667. The molecule has 6 heteroatoms. The highest BCUT2D eigenvalue weighted by Crippen LogP contribution is 2.08. The summed E-state index contributed by atoms with van der Waals surface area (Å²) in [5.41, 5.74) is 0. The normalized spacial score (nSPS) is 19.2. The number of hydrogen-bond donors (Lipinski definition) is 2. The predicted molar refractivity (Wildman–Crippen MR) is 44.1 cm³/mol. The van der Waals surface area contributed by atoms with Crippen molar-refractivity contribution in [2.75, 3.05) is 26.8 Å². The maximum Gasteiger partial charge on any atom is 0.186 e. The number of halogens is 1. The molecule has 0 aliphatic rings.